The van der Waals surface area contributed by atoms with E-state index in [1.54, 1.807) is 18.2 Å². The van der Waals surface area contributed by atoms with Crippen LogP contribution in [0.3, 0.4) is 0 Å². The van der Waals surface area contributed by atoms with Crippen LogP contribution in [0.25, 0.3) is 10.9 Å². The smallest absolute Gasteiger partial charge is 0.255 e. The molecule has 0 saturated carbocycles. The molecule has 1 aliphatic heterocycles. The number of primary amides is 1. The zero-order valence-corrected chi connectivity index (χ0v) is 17.8. The normalized spacial score (nSPS) is 15.2. The molecule has 2 heterocycles. The fourth-order valence-electron chi connectivity index (χ4n) is 4.46. The molecule has 1 aliphatic rings. The lowest BCUT2D eigenvalue weighted by Gasteiger charge is -2.15. The monoisotopic (exact) mass is 443 g/mol. The number of carbonyl (C=O) groups is 2. The minimum absolute atomic E-state index is 0.0607. The van der Waals surface area contributed by atoms with Gasteiger partial charge in [-0.3, -0.25) is 9.59 Å². The Morgan fingerprint density at radius 1 is 1.12 bits per heavy atom. The number of hydrogen-bond acceptors (Lipinski definition) is 3. The highest BCUT2D eigenvalue weighted by Crippen LogP contribution is 2.41. The average Bonchev–Trinajstić information content (AvgIpc) is 3.08. The Hall–Kier alpha value is -4.13. The minimum atomic E-state index is -0.543. The van der Waals surface area contributed by atoms with Gasteiger partial charge in [0.1, 0.15) is 11.6 Å². The van der Waals surface area contributed by atoms with Crippen molar-refractivity contribution >= 4 is 28.4 Å². The molecule has 3 N–H and O–H groups in total. The van der Waals surface area contributed by atoms with Crippen molar-refractivity contribution in [2.24, 2.45) is 5.73 Å². The molecule has 7 heteroatoms. The first-order chi connectivity index (χ1) is 16.0. The lowest BCUT2D eigenvalue weighted by Crippen LogP contribution is -2.20. The molecule has 0 aliphatic carbocycles. The third-order valence-electron chi connectivity index (χ3n) is 5.88. The van der Waals surface area contributed by atoms with Crippen LogP contribution in [-0.2, 0) is 16.1 Å². The van der Waals surface area contributed by atoms with Gasteiger partial charge >= 0.3 is 0 Å². The fourth-order valence-corrected chi connectivity index (χ4v) is 4.46. The van der Waals surface area contributed by atoms with Crippen LogP contribution in [0.4, 0.5) is 10.1 Å². The van der Waals surface area contributed by atoms with E-state index in [4.69, 9.17) is 10.5 Å². The van der Waals surface area contributed by atoms with Gasteiger partial charge in [0.15, 0.2) is 6.61 Å². The molecular formula is C26H22FN3O3. The zero-order valence-electron chi connectivity index (χ0n) is 17.8. The van der Waals surface area contributed by atoms with E-state index in [0.29, 0.717) is 12.3 Å². The number of ether oxygens (including phenoxy) is 1. The van der Waals surface area contributed by atoms with Crippen LogP contribution in [0.1, 0.15) is 29.0 Å². The SMILES string of the molecule is NC(=O)COc1ccc(C2CC(=O)Nc3cccc4c3c2cn4Cc2cccc(F)c2)cc1. The van der Waals surface area contributed by atoms with Gasteiger partial charge in [0.2, 0.25) is 5.91 Å². The Labute approximate surface area is 189 Å². The second-order valence-corrected chi connectivity index (χ2v) is 8.17. The van der Waals surface area contributed by atoms with Crippen molar-refractivity contribution in [1.29, 1.82) is 0 Å². The largest absolute Gasteiger partial charge is 0.484 e. The summed E-state index contributed by atoms with van der Waals surface area (Å²) in [5.41, 5.74) is 9.73. The van der Waals surface area contributed by atoms with Gasteiger partial charge in [0.25, 0.3) is 5.91 Å². The molecule has 0 bridgehead atoms. The number of nitrogens with two attached hydrogens (primary N) is 1. The van der Waals surface area contributed by atoms with Crippen LogP contribution < -0.4 is 15.8 Å². The summed E-state index contributed by atoms with van der Waals surface area (Å²) in [5.74, 6) is -0.512. The highest BCUT2D eigenvalue weighted by molar-refractivity contribution is 6.06. The molecule has 0 saturated heterocycles. The first kappa shape index (κ1) is 20.8. The number of amides is 2. The topological polar surface area (TPSA) is 86.4 Å². The van der Waals surface area contributed by atoms with Crippen LogP contribution in [0, 0.1) is 5.82 Å². The number of anilines is 1. The van der Waals surface area contributed by atoms with Crippen LogP contribution in [0.5, 0.6) is 5.75 Å². The summed E-state index contributed by atoms with van der Waals surface area (Å²) >= 11 is 0. The lowest BCUT2D eigenvalue weighted by molar-refractivity contribution is -0.120. The number of halogens is 1. The summed E-state index contributed by atoms with van der Waals surface area (Å²) in [5, 5.41) is 4.01. The Balaban J connectivity index is 1.56. The maximum Gasteiger partial charge on any atom is 0.255 e. The van der Waals surface area contributed by atoms with Gasteiger partial charge in [0.05, 0.1) is 11.2 Å². The second-order valence-electron chi connectivity index (χ2n) is 8.17. The van der Waals surface area contributed by atoms with E-state index in [9.17, 15) is 14.0 Å². The quantitative estimate of drug-likeness (QED) is 0.469. The predicted octanol–water partition coefficient (Wildman–Crippen LogP) is 4.17. The summed E-state index contributed by atoms with van der Waals surface area (Å²) in [4.78, 5) is 23.7. The van der Waals surface area contributed by atoms with Crippen molar-refractivity contribution in [2.75, 3.05) is 11.9 Å². The van der Waals surface area contributed by atoms with Crippen LogP contribution in [-0.4, -0.2) is 23.0 Å². The molecule has 6 nitrogen and oxygen atoms in total. The van der Waals surface area contributed by atoms with Crippen LogP contribution in [0.2, 0.25) is 0 Å². The minimum Gasteiger partial charge on any atom is -0.484 e. The van der Waals surface area contributed by atoms with Gasteiger partial charge in [-0.15, -0.1) is 0 Å². The summed E-state index contributed by atoms with van der Waals surface area (Å²) in [7, 11) is 0. The molecular weight excluding hydrogens is 421 g/mol. The highest BCUT2D eigenvalue weighted by Gasteiger charge is 2.28. The molecule has 33 heavy (non-hydrogen) atoms. The van der Waals surface area contributed by atoms with Gasteiger partial charge in [-0.1, -0.05) is 30.3 Å². The molecule has 4 aromatic rings. The summed E-state index contributed by atoms with van der Waals surface area (Å²) in [6.07, 6.45) is 2.34. The first-order valence-electron chi connectivity index (χ1n) is 10.6. The van der Waals surface area contributed by atoms with E-state index in [-0.39, 0.29) is 30.7 Å². The number of rotatable bonds is 6. The molecule has 3 aromatic carbocycles. The van der Waals surface area contributed by atoms with Gasteiger partial charge < -0.3 is 20.4 Å². The van der Waals surface area contributed by atoms with E-state index in [1.807, 2.05) is 36.4 Å². The number of nitrogens with zero attached hydrogens (tertiary/aromatic N) is 1. The second kappa shape index (κ2) is 8.43. The van der Waals surface area contributed by atoms with Crippen LogP contribution >= 0.6 is 0 Å². The number of benzene rings is 3. The summed E-state index contributed by atoms with van der Waals surface area (Å²) < 4.78 is 21.2. The Bertz CT molecular complexity index is 1360. The van der Waals surface area contributed by atoms with E-state index < -0.39 is 5.91 Å². The fraction of sp³-hybridized carbons (Fsp3) is 0.154. The molecule has 0 fully saturated rings. The van der Waals surface area contributed by atoms with Crippen molar-refractivity contribution < 1.29 is 18.7 Å². The van der Waals surface area contributed by atoms with Crippen molar-refractivity contribution in [3.63, 3.8) is 0 Å². The van der Waals surface area contributed by atoms with Gasteiger partial charge in [0, 0.05) is 30.5 Å². The maximum atomic E-state index is 13.7. The number of aromatic nitrogens is 1. The molecule has 5 rings (SSSR count). The van der Waals surface area contributed by atoms with E-state index >= 15 is 0 Å². The van der Waals surface area contributed by atoms with Crippen LogP contribution in [0.15, 0.2) is 72.9 Å². The zero-order chi connectivity index (χ0) is 22.9. The van der Waals surface area contributed by atoms with Crippen molar-refractivity contribution in [3.8, 4) is 5.75 Å². The molecule has 1 aromatic heterocycles. The maximum absolute atomic E-state index is 13.7. The van der Waals surface area contributed by atoms with Gasteiger partial charge in [-0.2, -0.15) is 0 Å². The molecule has 1 atom stereocenters. The molecule has 0 radical (unpaired) electrons. The van der Waals surface area contributed by atoms with Crippen molar-refractivity contribution in [3.05, 3.63) is 95.4 Å². The van der Waals surface area contributed by atoms with E-state index in [1.165, 1.54) is 12.1 Å². The Morgan fingerprint density at radius 3 is 2.67 bits per heavy atom. The molecule has 0 spiro atoms. The summed E-state index contributed by atoms with van der Waals surface area (Å²) in [6, 6.07) is 19.7. The van der Waals surface area contributed by atoms with E-state index in [0.717, 1.165) is 33.3 Å². The Kier molecular flexibility index (Phi) is 5.30. The number of carbonyl (C=O) groups excluding carboxylic acids is 2. The third kappa shape index (κ3) is 4.17. The number of nitrogens with one attached hydrogen (secondary N) is 1. The Morgan fingerprint density at radius 2 is 1.91 bits per heavy atom. The highest BCUT2D eigenvalue weighted by atomic mass is 19.1. The summed E-state index contributed by atoms with van der Waals surface area (Å²) in [6.45, 7) is 0.320. The predicted molar refractivity (Wildman–Crippen MR) is 124 cm³/mol. The van der Waals surface area contributed by atoms with E-state index in [2.05, 4.69) is 16.1 Å². The molecule has 166 valence electrons. The molecule has 1 unspecified atom stereocenters. The first-order valence-corrected chi connectivity index (χ1v) is 10.6. The molecule has 2 amide bonds. The average molecular weight is 443 g/mol. The van der Waals surface area contributed by atoms with Crippen molar-refractivity contribution in [1.82, 2.24) is 4.57 Å². The number of hydrogen-bond donors (Lipinski definition) is 2. The third-order valence-corrected chi connectivity index (χ3v) is 5.88. The van der Waals surface area contributed by atoms with Crippen molar-refractivity contribution in [2.45, 2.75) is 18.9 Å². The lowest BCUT2D eigenvalue weighted by atomic mass is 9.88. The van der Waals surface area contributed by atoms with Gasteiger partial charge in [-0.25, -0.2) is 4.39 Å². The van der Waals surface area contributed by atoms with Gasteiger partial charge in [-0.05, 0) is 53.1 Å². The standard InChI is InChI=1S/C26H22FN3O3/c27-18-4-1-3-16(11-18)13-30-14-21-20(17-7-9-19(10-8-17)33-15-24(28)31)12-25(32)29-22-5-2-6-23(30)26(21)22/h1-11,14,20H,12-13,15H2,(H2,28,31)(H,29,32).